The molecule has 1 saturated heterocycles. The van der Waals surface area contributed by atoms with Crippen LogP contribution in [0.25, 0.3) is 0 Å². The van der Waals surface area contributed by atoms with Crippen LogP contribution in [-0.2, 0) is 27.3 Å². The van der Waals surface area contributed by atoms with Crippen molar-refractivity contribution in [3.05, 3.63) is 52.9 Å². The van der Waals surface area contributed by atoms with Gasteiger partial charge < -0.3 is 24.6 Å². The van der Waals surface area contributed by atoms with E-state index in [-0.39, 0.29) is 37.7 Å². The molecule has 0 spiro atoms. The van der Waals surface area contributed by atoms with Crippen LogP contribution >= 0.6 is 0 Å². The van der Waals surface area contributed by atoms with E-state index in [1.807, 2.05) is 0 Å². The van der Waals surface area contributed by atoms with Crippen LogP contribution < -0.4 is 5.32 Å². The van der Waals surface area contributed by atoms with Gasteiger partial charge in [0, 0.05) is 25.6 Å². The van der Waals surface area contributed by atoms with Crippen molar-refractivity contribution in [1.82, 2.24) is 15.4 Å². The smallest absolute Gasteiger partial charge is 0.337 e. The Morgan fingerprint density at radius 1 is 1.31 bits per heavy atom. The van der Waals surface area contributed by atoms with Crippen LogP contribution in [0, 0.1) is 6.92 Å². The largest absolute Gasteiger partial charge is 0.465 e. The Morgan fingerprint density at radius 3 is 2.66 bits per heavy atom. The van der Waals surface area contributed by atoms with E-state index < -0.39 is 18.1 Å². The van der Waals surface area contributed by atoms with Crippen molar-refractivity contribution in [3.63, 3.8) is 0 Å². The summed E-state index contributed by atoms with van der Waals surface area (Å²) < 4.78 is 9.71. The van der Waals surface area contributed by atoms with Gasteiger partial charge in [0.15, 0.2) is 0 Å². The second-order valence-corrected chi connectivity index (χ2v) is 6.97. The number of aliphatic hydroxyl groups excluding tert-OH is 1. The fourth-order valence-corrected chi connectivity index (χ4v) is 3.27. The second-order valence-electron chi connectivity index (χ2n) is 6.97. The molecule has 0 bridgehead atoms. The summed E-state index contributed by atoms with van der Waals surface area (Å²) in [6.07, 6.45) is -0.605. The van der Waals surface area contributed by atoms with Crippen LogP contribution in [0.2, 0.25) is 0 Å². The number of aryl methyl sites for hydroxylation is 1. The number of amides is 2. The number of esters is 1. The van der Waals surface area contributed by atoms with E-state index in [0.29, 0.717) is 17.0 Å². The van der Waals surface area contributed by atoms with Crippen molar-refractivity contribution in [3.8, 4) is 0 Å². The number of nitrogens with one attached hydrogen (secondary N) is 1. The highest BCUT2D eigenvalue weighted by molar-refractivity contribution is 5.90. The molecule has 2 unspecified atom stereocenters. The van der Waals surface area contributed by atoms with E-state index in [9.17, 15) is 19.5 Å². The van der Waals surface area contributed by atoms with E-state index in [1.54, 1.807) is 37.3 Å². The number of β-amino-alcohol motifs (C(OH)–C–C–N with tert-alkyl or cyclic N) is 1. The average molecular weight is 401 g/mol. The highest BCUT2D eigenvalue weighted by Gasteiger charge is 2.38. The lowest BCUT2D eigenvalue weighted by atomic mass is 10.1. The molecule has 154 valence electrons. The standard InChI is InChI=1S/C20H23N3O6/c1-12-7-16(29-22-12)9-18(25)23-11-15(24)8-17(23)19(26)21-10-13-3-5-14(6-4-13)20(27)28-2/h3-7,15,17,24H,8-11H2,1-2H3,(H,21,26). The quantitative estimate of drug-likeness (QED) is 0.679. The van der Waals surface area contributed by atoms with E-state index in [1.165, 1.54) is 12.0 Å². The molecule has 29 heavy (non-hydrogen) atoms. The topological polar surface area (TPSA) is 122 Å². The Labute approximate surface area is 167 Å². The van der Waals surface area contributed by atoms with E-state index in [2.05, 4.69) is 15.2 Å². The van der Waals surface area contributed by atoms with Gasteiger partial charge in [-0.3, -0.25) is 9.59 Å². The van der Waals surface area contributed by atoms with Gasteiger partial charge in [0.1, 0.15) is 11.8 Å². The first-order valence-electron chi connectivity index (χ1n) is 9.22. The lowest BCUT2D eigenvalue weighted by molar-refractivity contribution is -0.138. The van der Waals surface area contributed by atoms with Crippen LogP contribution in [0.15, 0.2) is 34.9 Å². The summed E-state index contributed by atoms with van der Waals surface area (Å²) in [5, 5.41) is 16.5. The van der Waals surface area contributed by atoms with Gasteiger partial charge in [-0.1, -0.05) is 17.3 Å². The van der Waals surface area contributed by atoms with Crippen molar-refractivity contribution < 1.29 is 28.8 Å². The summed E-state index contributed by atoms with van der Waals surface area (Å²) in [4.78, 5) is 38.1. The lowest BCUT2D eigenvalue weighted by Gasteiger charge is -2.23. The van der Waals surface area contributed by atoms with Crippen molar-refractivity contribution in [2.45, 2.75) is 38.5 Å². The van der Waals surface area contributed by atoms with Gasteiger partial charge in [-0.05, 0) is 24.6 Å². The number of hydrogen-bond donors (Lipinski definition) is 2. The number of likely N-dealkylation sites (tertiary alicyclic amines) is 1. The third-order valence-corrected chi connectivity index (χ3v) is 4.75. The first-order chi connectivity index (χ1) is 13.9. The molecule has 9 heteroatoms. The molecule has 2 amide bonds. The number of aliphatic hydroxyl groups is 1. The Kier molecular flexibility index (Phi) is 6.28. The Morgan fingerprint density at radius 2 is 2.03 bits per heavy atom. The number of benzene rings is 1. The second kappa shape index (κ2) is 8.87. The fourth-order valence-electron chi connectivity index (χ4n) is 3.27. The van der Waals surface area contributed by atoms with Gasteiger partial charge in [-0.15, -0.1) is 0 Å². The van der Waals surface area contributed by atoms with E-state index in [4.69, 9.17) is 4.52 Å². The first kappa shape index (κ1) is 20.5. The molecule has 1 aromatic heterocycles. The molecular formula is C20H23N3O6. The van der Waals surface area contributed by atoms with Gasteiger partial charge in [0.2, 0.25) is 11.8 Å². The van der Waals surface area contributed by atoms with Gasteiger partial charge in [-0.2, -0.15) is 0 Å². The van der Waals surface area contributed by atoms with Crippen LogP contribution in [0.1, 0.15) is 33.8 Å². The van der Waals surface area contributed by atoms with Crippen LogP contribution in [0.3, 0.4) is 0 Å². The van der Waals surface area contributed by atoms with Gasteiger partial charge in [-0.25, -0.2) is 4.79 Å². The highest BCUT2D eigenvalue weighted by atomic mass is 16.5. The number of ether oxygens (including phenoxy) is 1. The van der Waals surface area contributed by atoms with Crippen molar-refractivity contribution in [2.75, 3.05) is 13.7 Å². The highest BCUT2D eigenvalue weighted by Crippen LogP contribution is 2.20. The fraction of sp³-hybridized carbons (Fsp3) is 0.400. The SMILES string of the molecule is COC(=O)c1ccc(CNC(=O)C2CC(O)CN2C(=O)Cc2cc(C)no2)cc1. The normalized spacial score (nSPS) is 18.5. The molecular weight excluding hydrogens is 378 g/mol. The molecule has 0 saturated carbocycles. The predicted octanol–water partition coefficient (Wildman–Crippen LogP) is 0.590. The number of hydrogen-bond acceptors (Lipinski definition) is 7. The Bertz CT molecular complexity index is 892. The van der Waals surface area contributed by atoms with E-state index >= 15 is 0 Å². The van der Waals surface area contributed by atoms with Crippen LogP contribution in [0.5, 0.6) is 0 Å². The minimum Gasteiger partial charge on any atom is -0.465 e. The number of nitrogens with zero attached hydrogens (tertiary/aromatic N) is 2. The summed E-state index contributed by atoms with van der Waals surface area (Å²) in [6.45, 7) is 2.08. The summed E-state index contributed by atoms with van der Waals surface area (Å²) in [5.41, 5.74) is 1.88. The van der Waals surface area contributed by atoms with Crippen molar-refractivity contribution in [2.24, 2.45) is 0 Å². The van der Waals surface area contributed by atoms with E-state index in [0.717, 1.165) is 5.56 Å². The summed E-state index contributed by atoms with van der Waals surface area (Å²) in [6, 6.07) is 7.56. The third kappa shape index (κ3) is 5.00. The number of aromatic nitrogens is 1. The molecule has 9 nitrogen and oxygen atoms in total. The maximum absolute atomic E-state index is 12.6. The minimum atomic E-state index is -0.759. The Balaban J connectivity index is 1.59. The van der Waals surface area contributed by atoms with Crippen molar-refractivity contribution in [1.29, 1.82) is 0 Å². The van der Waals surface area contributed by atoms with Gasteiger partial charge >= 0.3 is 5.97 Å². The lowest BCUT2D eigenvalue weighted by Crippen LogP contribution is -2.46. The molecule has 2 N–H and O–H groups in total. The zero-order valence-corrected chi connectivity index (χ0v) is 16.3. The number of carbonyl (C=O) groups excluding carboxylic acids is 3. The monoisotopic (exact) mass is 401 g/mol. The molecule has 1 aliphatic heterocycles. The summed E-state index contributed by atoms with van der Waals surface area (Å²) in [7, 11) is 1.31. The molecule has 2 atom stereocenters. The molecule has 3 rings (SSSR count). The number of methoxy groups -OCH3 is 1. The zero-order chi connectivity index (χ0) is 21.0. The molecule has 1 fully saturated rings. The number of rotatable bonds is 6. The maximum Gasteiger partial charge on any atom is 0.337 e. The molecule has 2 aromatic rings. The predicted molar refractivity (Wildman–Crippen MR) is 101 cm³/mol. The third-order valence-electron chi connectivity index (χ3n) is 4.75. The molecule has 2 heterocycles. The molecule has 1 aliphatic rings. The Hall–Kier alpha value is -3.20. The summed E-state index contributed by atoms with van der Waals surface area (Å²) >= 11 is 0. The maximum atomic E-state index is 12.6. The molecule has 0 aliphatic carbocycles. The average Bonchev–Trinajstić information content (AvgIpc) is 3.31. The zero-order valence-electron chi connectivity index (χ0n) is 16.3. The molecule has 1 aromatic carbocycles. The number of carbonyl (C=O) groups is 3. The van der Waals surface area contributed by atoms with Crippen molar-refractivity contribution >= 4 is 17.8 Å². The van der Waals surface area contributed by atoms with Crippen LogP contribution in [0.4, 0.5) is 0 Å². The van der Waals surface area contributed by atoms with Crippen LogP contribution in [-0.4, -0.2) is 58.7 Å². The summed E-state index contributed by atoms with van der Waals surface area (Å²) in [5.74, 6) is -0.670. The van der Waals surface area contributed by atoms with Gasteiger partial charge in [0.05, 0.1) is 30.9 Å². The molecule has 0 radical (unpaired) electrons. The first-order valence-corrected chi connectivity index (χ1v) is 9.22. The van der Waals surface area contributed by atoms with Gasteiger partial charge in [0.25, 0.3) is 0 Å². The minimum absolute atomic E-state index is 0.0215.